The zero-order valence-corrected chi connectivity index (χ0v) is 8.68. The Morgan fingerprint density at radius 1 is 1.54 bits per heavy atom. The third kappa shape index (κ3) is 1.68. The van der Waals surface area contributed by atoms with Gasteiger partial charge in [-0.05, 0) is 24.3 Å². The molecule has 0 unspecified atom stereocenters. The fourth-order valence-electron chi connectivity index (χ4n) is 1.93. The summed E-state index contributed by atoms with van der Waals surface area (Å²) in [5.74, 6) is 3.15. The Labute approximate surface area is 82.7 Å². The first kappa shape index (κ1) is 8.94. The molecule has 2 heterocycles. The van der Waals surface area contributed by atoms with Crippen LogP contribution in [0.5, 0.6) is 0 Å². The van der Waals surface area contributed by atoms with Gasteiger partial charge in [-0.25, -0.2) is 0 Å². The first-order valence-electron chi connectivity index (χ1n) is 4.64. The lowest BCUT2D eigenvalue weighted by molar-refractivity contribution is 0.572. The van der Waals surface area contributed by atoms with Crippen LogP contribution in [0.15, 0.2) is 6.20 Å². The predicted molar refractivity (Wildman–Crippen MR) is 56.9 cm³/mol. The second-order valence-electron chi connectivity index (χ2n) is 3.50. The van der Waals surface area contributed by atoms with E-state index in [-0.39, 0.29) is 0 Å². The van der Waals surface area contributed by atoms with Crippen molar-refractivity contribution in [1.29, 1.82) is 0 Å². The van der Waals surface area contributed by atoms with Gasteiger partial charge in [0, 0.05) is 13.0 Å². The standard InChI is InChI=1S/C9H15N3S/c1-12-9(8(10)6-11-12)7-2-4-13-5-3-7/h6-7H,2-5,10H2,1H3. The van der Waals surface area contributed by atoms with E-state index in [4.69, 9.17) is 5.73 Å². The van der Waals surface area contributed by atoms with Gasteiger partial charge in [-0.1, -0.05) is 0 Å². The summed E-state index contributed by atoms with van der Waals surface area (Å²) in [6.45, 7) is 0. The third-order valence-electron chi connectivity index (χ3n) is 2.62. The van der Waals surface area contributed by atoms with Crippen molar-refractivity contribution in [1.82, 2.24) is 9.78 Å². The van der Waals surface area contributed by atoms with E-state index in [1.165, 1.54) is 30.0 Å². The predicted octanol–water partition coefficient (Wildman–Crippen LogP) is 1.61. The highest BCUT2D eigenvalue weighted by molar-refractivity contribution is 7.99. The summed E-state index contributed by atoms with van der Waals surface area (Å²) >= 11 is 2.04. The lowest BCUT2D eigenvalue weighted by Gasteiger charge is -2.21. The fourth-order valence-corrected chi connectivity index (χ4v) is 3.04. The molecule has 1 saturated heterocycles. The number of nitrogens with zero attached hydrogens (tertiary/aromatic N) is 2. The van der Waals surface area contributed by atoms with Gasteiger partial charge in [-0.2, -0.15) is 16.9 Å². The van der Waals surface area contributed by atoms with Crippen LogP contribution in [0.1, 0.15) is 24.5 Å². The fraction of sp³-hybridized carbons (Fsp3) is 0.667. The average molecular weight is 197 g/mol. The second kappa shape index (κ2) is 3.62. The van der Waals surface area contributed by atoms with Crippen LogP contribution in [0, 0.1) is 0 Å². The van der Waals surface area contributed by atoms with E-state index >= 15 is 0 Å². The summed E-state index contributed by atoms with van der Waals surface area (Å²) in [5, 5.41) is 4.18. The summed E-state index contributed by atoms with van der Waals surface area (Å²) < 4.78 is 1.93. The molecule has 2 N–H and O–H groups in total. The molecule has 2 rings (SSSR count). The van der Waals surface area contributed by atoms with Crippen molar-refractivity contribution < 1.29 is 0 Å². The van der Waals surface area contributed by atoms with Gasteiger partial charge >= 0.3 is 0 Å². The largest absolute Gasteiger partial charge is 0.396 e. The molecule has 1 aromatic rings. The monoisotopic (exact) mass is 197 g/mol. The van der Waals surface area contributed by atoms with E-state index in [0.717, 1.165) is 5.69 Å². The molecular weight excluding hydrogens is 182 g/mol. The molecule has 72 valence electrons. The molecule has 13 heavy (non-hydrogen) atoms. The molecule has 0 spiro atoms. The van der Waals surface area contributed by atoms with Gasteiger partial charge in [-0.15, -0.1) is 0 Å². The van der Waals surface area contributed by atoms with Crippen LogP contribution < -0.4 is 5.73 Å². The van der Waals surface area contributed by atoms with Crippen LogP contribution in [0.25, 0.3) is 0 Å². The SMILES string of the molecule is Cn1ncc(N)c1C1CCSCC1. The maximum absolute atomic E-state index is 5.88. The highest BCUT2D eigenvalue weighted by Crippen LogP contribution is 2.33. The molecule has 4 heteroatoms. The Kier molecular flexibility index (Phi) is 2.49. The van der Waals surface area contributed by atoms with Crippen LogP contribution in [0.3, 0.4) is 0 Å². The molecule has 0 radical (unpaired) electrons. The van der Waals surface area contributed by atoms with E-state index in [1.807, 2.05) is 23.5 Å². The molecule has 0 atom stereocenters. The Balaban J connectivity index is 2.22. The Bertz CT molecular complexity index is 270. The second-order valence-corrected chi connectivity index (χ2v) is 4.72. The molecule has 0 aliphatic carbocycles. The number of rotatable bonds is 1. The number of hydrogen-bond donors (Lipinski definition) is 1. The zero-order valence-electron chi connectivity index (χ0n) is 7.86. The number of hydrogen-bond acceptors (Lipinski definition) is 3. The van der Waals surface area contributed by atoms with Gasteiger partial charge in [0.15, 0.2) is 0 Å². The van der Waals surface area contributed by atoms with Gasteiger partial charge < -0.3 is 5.73 Å². The Morgan fingerprint density at radius 3 is 2.77 bits per heavy atom. The molecule has 3 nitrogen and oxygen atoms in total. The molecule has 1 aliphatic rings. The van der Waals surface area contributed by atoms with Gasteiger partial charge in [0.1, 0.15) is 0 Å². The highest BCUT2D eigenvalue weighted by atomic mass is 32.2. The minimum Gasteiger partial charge on any atom is -0.396 e. The summed E-state index contributed by atoms with van der Waals surface area (Å²) in [6, 6.07) is 0. The molecule has 0 amide bonds. The first-order chi connectivity index (χ1) is 6.29. The summed E-state index contributed by atoms with van der Waals surface area (Å²) in [5.41, 5.74) is 7.98. The molecule has 0 bridgehead atoms. The van der Waals surface area contributed by atoms with Crippen molar-refractivity contribution >= 4 is 17.4 Å². The summed E-state index contributed by atoms with van der Waals surface area (Å²) in [4.78, 5) is 0. The Morgan fingerprint density at radius 2 is 2.23 bits per heavy atom. The molecule has 1 fully saturated rings. The lowest BCUT2D eigenvalue weighted by atomic mass is 9.98. The molecule has 0 aromatic carbocycles. The molecular formula is C9H15N3S. The van der Waals surface area contributed by atoms with Crippen LogP contribution in [0.2, 0.25) is 0 Å². The number of nitrogens with two attached hydrogens (primary N) is 1. The van der Waals surface area contributed by atoms with Crippen molar-refractivity contribution in [2.45, 2.75) is 18.8 Å². The van der Waals surface area contributed by atoms with Gasteiger partial charge in [0.2, 0.25) is 0 Å². The lowest BCUT2D eigenvalue weighted by Crippen LogP contribution is -2.13. The average Bonchev–Trinajstić information content (AvgIpc) is 2.48. The normalized spacial score (nSPS) is 19.2. The minimum atomic E-state index is 0.633. The number of aromatic nitrogens is 2. The van der Waals surface area contributed by atoms with E-state index in [2.05, 4.69) is 5.10 Å². The summed E-state index contributed by atoms with van der Waals surface area (Å²) in [6.07, 6.45) is 4.25. The maximum atomic E-state index is 5.88. The number of aryl methyl sites for hydroxylation is 1. The number of thioether (sulfide) groups is 1. The van der Waals surface area contributed by atoms with Gasteiger partial charge in [0.25, 0.3) is 0 Å². The van der Waals surface area contributed by atoms with Crippen LogP contribution in [-0.2, 0) is 7.05 Å². The topological polar surface area (TPSA) is 43.8 Å². The van der Waals surface area contributed by atoms with E-state index in [0.29, 0.717) is 5.92 Å². The van der Waals surface area contributed by atoms with Crippen LogP contribution >= 0.6 is 11.8 Å². The number of anilines is 1. The van der Waals surface area contributed by atoms with Crippen molar-refractivity contribution in [3.05, 3.63) is 11.9 Å². The number of nitrogen functional groups attached to an aromatic ring is 1. The highest BCUT2D eigenvalue weighted by Gasteiger charge is 2.20. The summed E-state index contributed by atoms with van der Waals surface area (Å²) in [7, 11) is 1.98. The van der Waals surface area contributed by atoms with Gasteiger partial charge in [0.05, 0.1) is 17.6 Å². The Hall–Kier alpha value is -0.640. The molecule has 1 aromatic heterocycles. The minimum absolute atomic E-state index is 0.633. The van der Waals surface area contributed by atoms with Crippen molar-refractivity contribution in [2.75, 3.05) is 17.2 Å². The van der Waals surface area contributed by atoms with Crippen LogP contribution in [-0.4, -0.2) is 21.3 Å². The molecule has 0 saturated carbocycles. The quantitative estimate of drug-likeness (QED) is 0.744. The van der Waals surface area contributed by atoms with Crippen molar-refractivity contribution in [3.8, 4) is 0 Å². The van der Waals surface area contributed by atoms with E-state index in [1.54, 1.807) is 6.20 Å². The van der Waals surface area contributed by atoms with E-state index < -0.39 is 0 Å². The first-order valence-corrected chi connectivity index (χ1v) is 5.79. The van der Waals surface area contributed by atoms with Crippen molar-refractivity contribution in [2.24, 2.45) is 7.05 Å². The van der Waals surface area contributed by atoms with E-state index in [9.17, 15) is 0 Å². The third-order valence-corrected chi connectivity index (χ3v) is 3.67. The maximum Gasteiger partial charge on any atom is 0.0735 e. The smallest absolute Gasteiger partial charge is 0.0735 e. The van der Waals surface area contributed by atoms with Crippen LogP contribution in [0.4, 0.5) is 5.69 Å². The van der Waals surface area contributed by atoms with Gasteiger partial charge in [-0.3, -0.25) is 4.68 Å². The van der Waals surface area contributed by atoms with Crippen molar-refractivity contribution in [3.63, 3.8) is 0 Å². The zero-order chi connectivity index (χ0) is 9.26. The molecule has 1 aliphatic heterocycles.